The highest BCUT2D eigenvalue weighted by molar-refractivity contribution is 8.00. The van der Waals surface area contributed by atoms with Gasteiger partial charge in [0.1, 0.15) is 0 Å². The van der Waals surface area contributed by atoms with Crippen LogP contribution in [0.15, 0.2) is 17.8 Å². The molecule has 0 atom stereocenters. The monoisotopic (exact) mass is 283 g/mol. The van der Waals surface area contributed by atoms with Gasteiger partial charge in [-0.1, -0.05) is 13.8 Å². The first-order valence-electron chi connectivity index (χ1n) is 6.40. The Hall–Kier alpha value is -0.520. The number of hydrogen-bond acceptors (Lipinski definition) is 4. The zero-order chi connectivity index (χ0) is 13.0. The van der Waals surface area contributed by atoms with Crippen molar-refractivity contribution in [1.82, 2.24) is 14.7 Å². The van der Waals surface area contributed by atoms with Crippen LogP contribution in [0, 0.1) is 0 Å². The molecular formula is C13H21N3S2. The topological polar surface area (TPSA) is 29.3 Å². The van der Waals surface area contributed by atoms with E-state index in [-0.39, 0.29) is 0 Å². The van der Waals surface area contributed by atoms with Gasteiger partial charge in [-0.25, -0.2) is 4.98 Å². The summed E-state index contributed by atoms with van der Waals surface area (Å²) in [4.78, 5) is 5.66. The minimum Gasteiger partial charge on any atom is -0.310 e. The van der Waals surface area contributed by atoms with E-state index in [9.17, 15) is 0 Å². The van der Waals surface area contributed by atoms with E-state index in [1.807, 2.05) is 11.8 Å². The van der Waals surface area contributed by atoms with Crippen molar-refractivity contribution in [3.63, 3.8) is 0 Å². The molecule has 0 saturated carbocycles. The fourth-order valence-electron chi connectivity index (χ4n) is 2.14. The van der Waals surface area contributed by atoms with Gasteiger partial charge >= 0.3 is 0 Å². The Morgan fingerprint density at radius 3 is 2.83 bits per heavy atom. The van der Waals surface area contributed by atoms with Crippen molar-refractivity contribution in [1.29, 1.82) is 0 Å². The van der Waals surface area contributed by atoms with Crippen LogP contribution in [-0.2, 0) is 6.54 Å². The third kappa shape index (κ3) is 2.90. The zero-order valence-electron chi connectivity index (χ0n) is 11.3. The molecular weight excluding hydrogens is 262 g/mol. The second-order valence-corrected chi connectivity index (χ2v) is 6.67. The number of nitrogens with zero attached hydrogens (tertiary/aromatic N) is 2. The van der Waals surface area contributed by atoms with Crippen LogP contribution in [0.3, 0.4) is 0 Å². The Morgan fingerprint density at radius 1 is 1.44 bits per heavy atom. The molecule has 100 valence electrons. The second kappa shape index (κ2) is 6.08. The van der Waals surface area contributed by atoms with Crippen LogP contribution in [0.5, 0.6) is 0 Å². The summed E-state index contributed by atoms with van der Waals surface area (Å²) in [6.45, 7) is 6.45. The van der Waals surface area contributed by atoms with Crippen LogP contribution >= 0.6 is 23.1 Å². The molecule has 0 aliphatic carbocycles. The highest BCUT2D eigenvalue weighted by atomic mass is 32.2. The molecule has 2 aromatic rings. The van der Waals surface area contributed by atoms with Crippen molar-refractivity contribution in [2.75, 3.05) is 12.8 Å². The summed E-state index contributed by atoms with van der Waals surface area (Å²) < 4.78 is 2.46. The van der Waals surface area contributed by atoms with E-state index >= 15 is 0 Å². The molecule has 3 nitrogen and oxygen atoms in total. The fraction of sp³-hybridized carbons (Fsp3) is 0.615. The van der Waals surface area contributed by atoms with Gasteiger partial charge in [0.05, 0.1) is 5.69 Å². The summed E-state index contributed by atoms with van der Waals surface area (Å²) in [5, 5.41) is 5.62. The Bertz CT molecular complexity index is 448. The van der Waals surface area contributed by atoms with Gasteiger partial charge in [-0.2, -0.15) is 11.8 Å². The lowest BCUT2D eigenvalue weighted by molar-refractivity contribution is 0.493. The SMILES string of the molecule is CCC(CC)(CNCc1cn2ccsc2n1)SC. The van der Waals surface area contributed by atoms with Crippen LogP contribution in [0.1, 0.15) is 32.4 Å². The van der Waals surface area contributed by atoms with E-state index in [0.717, 1.165) is 23.7 Å². The summed E-state index contributed by atoms with van der Waals surface area (Å²) >= 11 is 3.65. The predicted molar refractivity (Wildman–Crippen MR) is 81.6 cm³/mol. The predicted octanol–water partition coefficient (Wildman–Crippen LogP) is 3.41. The molecule has 18 heavy (non-hydrogen) atoms. The first-order chi connectivity index (χ1) is 8.73. The molecule has 0 radical (unpaired) electrons. The van der Waals surface area contributed by atoms with Crippen molar-refractivity contribution >= 4 is 28.1 Å². The smallest absolute Gasteiger partial charge is 0.193 e. The molecule has 5 heteroatoms. The Morgan fingerprint density at radius 2 is 2.22 bits per heavy atom. The molecule has 2 rings (SSSR count). The van der Waals surface area contributed by atoms with E-state index in [1.54, 1.807) is 11.3 Å². The third-order valence-electron chi connectivity index (χ3n) is 3.62. The maximum absolute atomic E-state index is 4.58. The lowest BCUT2D eigenvalue weighted by Crippen LogP contribution is -2.36. The van der Waals surface area contributed by atoms with E-state index in [4.69, 9.17) is 0 Å². The summed E-state index contributed by atoms with van der Waals surface area (Å²) in [5.74, 6) is 0. The summed E-state index contributed by atoms with van der Waals surface area (Å²) in [6, 6.07) is 0. The maximum atomic E-state index is 4.58. The van der Waals surface area contributed by atoms with Gasteiger partial charge in [0.25, 0.3) is 0 Å². The van der Waals surface area contributed by atoms with Crippen LogP contribution in [0.2, 0.25) is 0 Å². The second-order valence-electron chi connectivity index (χ2n) is 4.52. The minimum absolute atomic E-state index is 0.372. The molecule has 0 aromatic carbocycles. The average Bonchev–Trinajstić information content (AvgIpc) is 2.96. The Balaban J connectivity index is 1.90. The van der Waals surface area contributed by atoms with E-state index in [1.165, 1.54) is 12.8 Å². The van der Waals surface area contributed by atoms with Crippen LogP contribution in [-0.4, -0.2) is 26.9 Å². The third-order valence-corrected chi connectivity index (χ3v) is 5.98. The number of thioether (sulfide) groups is 1. The fourth-order valence-corrected chi connectivity index (χ4v) is 3.68. The number of thiazole rings is 1. The number of nitrogens with one attached hydrogen (secondary N) is 1. The highest BCUT2D eigenvalue weighted by Gasteiger charge is 2.24. The molecule has 1 N–H and O–H groups in total. The van der Waals surface area contributed by atoms with Gasteiger partial charge in [0, 0.05) is 35.6 Å². The van der Waals surface area contributed by atoms with Crippen molar-refractivity contribution in [2.45, 2.75) is 38.0 Å². The molecule has 0 bridgehead atoms. The molecule has 0 aliphatic heterocycles. The lowest BCUT2D eigenvalue weighted by Gasteiger charge is -2.29. The molecule has 0 amide bonds. The lowest BCUT2D eigenvalue weighted by atomic mass is 10.0. The van der Waals surface area contributed by atoms with Crippen LogP contribution in [0.25, 0.3) is 4.96 Å². The van der Waals surface area contributed by atoms with Gasteiger partial charge < -0.3 is 5.32 Å². The number of rotatable bonds is 7. The first kappa shape index (κ1) is 13.9. The first-order valence-corrected chi connectivity index (χ1v) is 8.50. The number of fused-ring (bicyclic) bond motifs is 1. The number of aromatic nitrogens is 2. The van der Waals surface area contributed by atoms with Crippen molar-refractivity contribution < 1.29 is 0 Å². The molecule has 2 aromatic heterocycles. The summed E-state index contributed by atoms with van der Waals surface area (Å²) in [6.07, 6.45) is 8.78. The van der Waals surface area contributed by atoms with Crippen molar-refractivity contribution in [2.24, 2.45) is 0 Å². The quantitative estimate of drug-likeness (QED) is 0.844. The normalized spacial score (nSPS) is 12.4. The van der Waals surface area contributed by atoms with E-state index in [2.05, 4.69) is 52.6 Å². The highest BCUT2D eigenvalue weighted by Crippen LogP contribution is 2.29. The van der Waals surface area contributed by atoms with Crippen LogP contribution < -0.4 is 5.32 Å². The Kier molecular flexibility index (Phi) is 4.70. The van der Waals surface area contributed by atoms with Crippen LogP contribution in [0.4, 0.5) is 0 Å². The Labute approximate surface area is 117 Å². The van der Waals surface area contributed by atoms with E-state index in [0.29, 0.717) is 4.75 Å². The van der Waals surface area contributed by atoms with Gasteiger partial charge in [-0.05, 0) is 19.1 Å². The van der Waals surface area contributed by atoms with Gasteiger partial charge in [-0.15, -0.1) is 11.3 Å². The minimum atomic E-state index is 0.372. The summed E-state index contributed by atoms with van der Waals surface area (Å²) in [7, 11) is 0. The molecule has 0 unspecified atom stereocenters. The van der Waals surface area contributed by atoms with Gasteiger partial charge in [-0.3, -0.25) is 4.40 Å². The van der Waals surface area contributed by atoms with Gasteiger partial charge in [0.15, 0.2) is 4.96 Å². The maximum Gasteiger partial charge on any atom is 0.193 e. The largest absolute Gasteiger partial charge is 0.310 e. The zero-order valence-corrected chi connectivity index (χ0v) is 12.9. The average molecular weight is 283 g/mol. The van der Waals surface area contributed by atoms with E-state index < -0.39 is 0 Å². The van der Waals surface area contributed by atoms with Crippen molar-refractivity contribution in [3.05, 3.63) is 23.5 Å². The molecule has 0 fully saturated rings. The molecule has 0 aliphatic rings. The number of hydrogen-bond donors (Lipinski definition) is 1. The molecule has 0 saturated heterocycles. The van der Waals surface area contributed by atoms with Gasteiger partial charge in [0.2, 0.25) is 0 Å². The molecule has 2 heterocycles. The standard InChI is InChI=1S/C13H21N3S2/c1-4-13(5-2,17-3)10-14-8-11-9-16-6-7-18-12(16)15-11/h6-7,9,14H,4-5,8,10H2,1-3H3. The molecule has 0 spiro atoms. The number of imidazole rings is 1. The summed E-state index contributed by atoms with van der Waals surface area (Å²) in [5.41, 5.74) is 1.13. The van der Waals surface area contributed by atoms with Crippen molar-refractivity contribution in [3.8, 4) is 0 Å².